The fourth-order valence-corrected chi connectivity index (χ4v) is 4.66. The number of methoxy groups -OCH3 is 1. The van der Waals surface area contributed by atoms with Crippen molar-refractivity contribution in [1.82, 2.24) is 10.2 Å². The van der Waals surface area contributed by atoms with Gasteiger partial charge in [-0.25, -0.2) is 0 Å². The first-order chi connectivity index (χ1) is 17.4. The van der Waals surface area contributed by atoms with E-state index in [1.165, 1.54) is 0 Å². The summed E-state index contributed by atoms with van der Waals surface area (Å²) in [6.45, 7) is 1.18. The number of carbonyl (C=O) groups excluding carboxylic acids is 3. The molecule has 0 aromatic heterocycles. The van der Waals surface area contributed by atoms with Gasteiger partial charge in [-0.05, 0) is 36.6 Å². The minimum absolute atomic E-state index is 0.0844. The summed E-state index contributed by atoms with van der Waals surface area (Å²) in [4.78, 5) is 39.8. The monoisotopic (exact) mass is 495 g/mol. The Bertz CT molecular complexity index is 1080. The zero-order valence-corrected chi connectivity index (χ0v) is 20.7. The van der Waals surface area contributed by atoms with Gasteiger partial charge in [-0.15, -0.1) is 0 Å². The molecule has 4 rings (SSSR count). The lowest BCUT2D eigenvalue weighted by molar-refractivity contribution is -0.134. The molecule has 0 radical (unpaired) electrons. The Morgan fingerprint density at radius 3 is 2.69 bits per heavy atom. The normalized spacial score (nSPS) is 21.3. The Morgan fingerprint density at radius 1 is 1.11 bits per heavy atom. The van der Waals surface area contributed by atoms with Gasteiger partial charge in [-0.2, -0.15) is 0 Å². The summed E-state index contributed by atoms with van der Waals surface area (Å²) in [5, 5.41) is 5.69. The number of anilines is 1. The Balaban J connectivity index is 1.40. The molecule has 2 aliphatic heterocycles. The first-order valence-corrected chi connectivity index (χ1v) is 12.2. The maximum Gasteiger partial charge on any atom is 0.257 e. The van der Waals surface area contributed by atoms with E-state index in [4.69, 9.17) is 14.2 Å². The number of benzene rings is 2. The van der Waals surface area contributed by atoms with Crippen LogP contribution in [0, 0.1) is 0 Å². The first kappa shape index (κ1) is 25.7. The molecule has 0 saturated carbocycles. The minimum Gasteiger partial charge on any atom is -0.490 e. The zero-order valence-electron chi connectivity index (χ0n) is 20.7. The van der Waals surface area contributed by atoms with Gasteiger partial charge in [0.05, 0.1) is 37.2 Å². The predicted molar refractivity (Wildman–Crippen MR) is 134 cm³/mol. The van der Waals surface area contributed by atoms with Crippen molar-refractivity contribution in [1.29, 1.82) is 0 Å². The second-order valence-electron chi connectivity index (χ2n) is 9.14. The summed E-state index contributed by atoms with van der Waals surface area (Å²) in [6.07, 6.45) is 1.29. The van der Waals surface area contributed by atoms with Gasteiger partial charge in [-0.3, -0.25) is 14.4 Å². The van der Waals surface area contributed by atoms with E-state index in [9.17, 15) is 14.4 Å². The third-order valence-corrected chi connectivity index (χ3v) is 6.54. The molecule has 0 bridgehead atoms. The van der Waals surface area contributed by atoms with Gasteiger partial charge in [0.15, 0.2) is 0 Å². The van der Waals surface area contributed by atoms with Crippen molar-refractivity contribution in [2.75, 3.05) is 39.2 Å². The predicted octanol–water partition coefficient (Wildman–Crippen LogP) is 2.40. The van der Waals surface area contributed by atoms with Crippen LogP contribution >= 0.6 is 0 Å². The molecule has 36 heavy (non-hydrogen) atoms. The molecule has 192 valence electrons. The number of carbonyl (C=O) groups is 3. The first-order valence-electron chi connectivity index (χ1n) is 12.2. The van der Waals surface area contributed by atoms with Gasteiger partial charge < -0.3 is 29.7 Å². The number of likely N-dealkylation sites (N-methyl/N-ethyl adjacent to an activating group) is 1. The molecule has 2 N–H and O–H groups in total. The summed E-state index contributed by atoms with van der Waals surface area (Å²) in [5.41, 5.74) is 1.85. The quantitative estimate of drug-likeness (QED) is 0.545. The second-order valence-corrected chi connectivity index (χ2v) is 9.14. The third-order valence-electron chi connectivity index (χ3n) is 6.54. The van der Waals surface area contributed by atoms with Gasteiger partial charge in [0.25, 0.3) is 5.91 Å². The highest BCUT2D eigenvalue weighted by Crippen LogP contribution is 2.32. The molecule has 1 saturated heterocycles. The summed E-state index contributed by atoms with van der Waals surface area (Å²) in [5.74, 6) is -0.00162. The molecular weight excluding hydrogens is 462 g/mol. The fraction of sp³-hybridized carbons (Fsp3) is 0.444. The molecule has 1 fully saturated rings. The van der Waals surface area contributed by atoms with Crippen LogP contribution in [0.3, 0.4) is 0 Å². The van der Waals surface area contributed by atoms with Crippen LogP contribution in [0.5, 0.6) is 5.75 Å². The van der Waals surface area contributed by atoms with E-state index < -0.39 is 0 Å². The van der Waals surface area contributed by atoms with Crippen molar-refractivity contribution in [2.24, 2.45) is 0 Å². The van der Waals surface area contributed by atoms with Crippen LogP contribution in [0.25, 0.3) is 0 Å². The maximum atomic E-state index is 13.4. The topological polar surface area (TPSA) is 106 Å². The van der Waals surface area contributed by atoms with Gasteiger partial charge in [0.2, 0.25) is 11.8 Å². The number of nitrogens with zero attached hydrogens (tertiary/aromatic N) is 1. The maximum absolute atomic E-state index is 13.4. The summed E-state index contributed by atoms with van der Waals surface area (Å²) >= 11 is 0. The number of ether oxygens (including phenoxy) is 3. The highest BCUT2D eigenvalue weighted by molar-refractivity contribution is 6.00. The summed E-state index contributed by atoms with van der Waals surface area (Å²) in [6, 6.07) is 14.4. The average molecular weight is 496 g/mol. The molecule has 3 atom stereocenters. The van der Waals surface area contributed by atoms with Crippen molar-refractivity contribution >= 4 is 23.4 Å². The zero-order chi connectivity index (χ0) is 25.5. The number of amides is 3. The standard InChI is InChI=1S/C27H33N3O6/c1-30-22-10-9-20(16-25(31)28-12-13-34-2)36-24(22)17-35-23-11-8-19(15-21(23)27(30)33)29-26(32)14-18-6-4-3-5-7-18/h3-8,11,15,20,22,24H,9-10,12-14,16-17H2,1-2H3,(H,28,31)(H,29,32)/t20-,22+,24+/m1/s1. The molecule has 2 aromatic rings. The lowest BCUT2D eigenvalue weighted by Crippen LogP contribution is -2.54. The van der Waals surface area contributed by atoms with Crippen molar-refractivity contribution < 1.29 is 28.6 Å². The van der Waals surface area contributed by atoms with Crippen molar-refractivity contribution in [3.05, 3.63) is 59.7 Å². The second kappa shape index (κ2) is 12.0. The molecule has 0 aliphatic carbocycles. The van der Waals surface area contributed by atoms with E-state index in [2.05, 4.69) is 10.6 Å². The molecule has 3 amide bonds. The third kappa shape index (κ3) is 6.41. The average Bonchev–Trinajstić information content (AvgIpc) is 2.87. The van der Waals surface area contributed by atoms with E-state index >= 15 is 0 Å². The molecule has 0 unspecified atom stereocenters. The van der Waals surface area contributed by atoms with E-state index in [0.29, 0.717) is 43.0 Å². The van der Waals surface area contributed by atoms with Crippen LogP contribution in [0.1, 0.15) is 35.2 Å². The molecule has 9 nitrogen and oxygen atoms in total. The van der Waals surface area contributed by atoms with Crippen LogP contribution in [-0.4, -0.2) is 74.8 Å². The van der Waals surface area contributed by atoms with Crippen molar-refractivity contribution in [3.8, 4) is 5.75 Å². The van der Waals surface area contributed by atoms with Crippen LogP contribution < -0.4 is 15.4 Å². The Labute approximate surface area is 211 Å². The van der Waals surface area contributed by atoms with E-state index in [1.54, 1.807) is 37.3 Å². The SMILES string of the molecule is COCCNC(=O)C[C@H]1CC[C@H]2[C@H](COc3ccc(NC(=O)Cc4ccccc4)cc3C(=O)N2C)O1. The van der Waals surface area contributed by atoms with E-state index in [0.717, 1.165) is 5.56 Å². The smallest absolute Gasteiger partial charge is 0.257 e. The van der Waals surface area contributed by atoms with Gasteiger partial charge in [0, 0.05) is 26.4 Å². The highest BCUT2D eigenvalue weighted by atomic mass is 16.5. The lowest BCUT2D eigenvalue weighted by Gasteiger charge is -2.42. The summed E-state index contributed by atoms with van der Waals surface area (Å²) in [7, 11) is 3.35. The van der Waals surface area contributed by atoms with Gasteiger partial charge >= 0.3 is 0 Å². The van der Waals surface area contributed by atoms with Gasteiger partial charge in [0.1, 0.15) is 18.5 Å². The van der Waals surface area contributed by atoms with E-state index in [1.807, 2.05) is 30.3 Å². The fourth-order valence-electron chi connectivity index (χ4n) is 4.66. The Morgan fingerprint density at radius 2 is 1.92 bits per heavy atom. The highest BCUT2D eigenvalue weighted by Gasteiger charge is 2.39. The number of hydrogen-bond acceptors (Lipinski definition) is 6. The van der Waals surface area contributed by atoms with Gasteiger partial charge in [-0.1, -0.05) is 30.3 Å². The number of fused-ring (bicyclic) bond motifs is 2. The molecule has 2 heterocycles. The largest absolute Gasteiger partial charge is 0.490 e. The summed E-state index contributed by atoms with van der Waals surface area (Å²) < 4.78 is 17.2. The van der Waals surface area contributed by atoms with Crippen molar-refractivity contribution in [2.45, 2.75) is 43.9 Å². The number of rotatable bonds is 8. The van der Waals surface area contributed by atoms with Crippen LogP contribution in [0.4, 0.5) is 5.69 Å². The van der Waals surface area contributed by atoms with Crippen LogP contribution in [0.15, 0.2) is 48.5 Å². The molecule has 9 heteroatoms. The number of hydrogen-bond donors (Lipinski definition) is 2. The molecule has 0 spiro atoms. The Hall–Kier alpha value is -3.43. The Kier molecular flexibility index (Phi) is 8.56. The van der Waals surface area contributed by atoms with Crippen molar-refractivity contribution in [3.63, 3.8) is 0 Å². The molecule has 2 aliphatic rings. The van der Waals surface area contributed by atoms with E-state index in [-0.39, 0.29) is 55.4 Å². The van der Waals surface area contributed by atoms with Crippen LogP contribution in [-0.2, 0) is 25.5 Å². The number of nitrogens with one attached hydrogen (secondary N) is 2. The lowest BCUT2D eigenvalue weighted by atomic mass is 9.94. The molecular formula is C27H33N3O6. The van der Waals surface area contributed by atoms with Crippen LogP contribution in [0.2, 0.25) is 0 Å². The molecule has 2 aromatic carbocycles. The minimum atomic E-state index is -0.345.